The molecule has 0 heterocycles. The lowest BCUT2D eigenvalue weighted by atomic mass is 9.95. The maximum absolute atomic E-state index is 13.7. The second-order valence-corrected chi connectivity index (χ2v) is 7.85. The lowest BCUT2D eigenvalue weighted by Gasteiger charge is -2.39. The molecule has 32 heavy (non-hydrogen) atoms. The van der Waals surface area contributed by atoms with Crippen LogP contribution in [0.3, 0.4) is 0 Å². The summed E-state index contributed by atoms with van der Waals surface area (Å²) in [5.74, 6) is -9.45. The lowest BCUT2D eigenvalue weighted by molar-refractivity contribution is -0.444. The summed E-state index contributed by atoms with van der Waals surface area (Å²) >= 11 is 9.08. The molecule has 0 aromatic heterocycles. The normalized spacial score (nSPS) is 11.7. The summed E-state index contributed by atoms with van der Waals surface area (Å²) in [5, 5.41) is 57.7. The van der Waals surface area contributed by atoms with Crippen molar-refractivity contribution in [3.8, 4) is 6.07 Å². The lowest BCUT2D eigenvalue weighted by Crippen LogP contribution is -2.64. The van der Waals surface area contributed by atoms with Crippen LogP contribution in [0.15, 0.2) is 28.7 Å². The van der Waals surface area contributed by atoms with Gasteiger partial charge in [-0.25, -0.2) is 4.39 Å². The Kier molecular flexibility index (Phi) is 7.28. The molecule has 0 atom stereocenters. The Morgan fingerprint density at radius 3 is 2.31 bits per heavy atom. The average molecular weight is 533 g/mol. The van der Waals surface area contributed by atoms with Crippen LogP contribution in [-0.4, -0.2) is 63.7 Å². The van der Waals surface area contributed by atoms with Crippen molar-refractivity contribution in [1.82, 2.24) is 0 Å². The molecule has 0 saturated carbocycles. The molecule has 1 amide bonds. The third-order valence-electron chi connectivity index (χ3n) is 4.53. The first-order valence-corrected chi connectivity index (χ1v) is 9.66. The number of nitriles is 1. The first-order valence-electron chi connectivity index (χ1n) is 8.49. The van der Waals surface area contributed by atoms with Crippen molar-refractivity contribution < 1.29 is 39.5 Å². The van der Waals surface area contributed by atoms with E-state index in [0.29, 0.717) is 4.90 Å². The number of carbonyl (C=O) groups is 2. The fourth-order valence-corrected chi connectivity index (χ4v) is 3.62. The van der Waals surface area contributed by atoms with Crippen molar-refractivity contribution in [1.29, 1.82) is 5.26 Å². The Labute approximate surface area is 194 Å². The quantitative estimate of drug-likeness (QED) is 0.195. The molecule has 0 fully saturated rings. The van der Waals surface area contributed by atoms with Gasteiger partial charge in [-0.05, 0) is 40.2 Å². The molecule has 170 valence electrons. The fourth-order valence-electron chi connectivity index (χ4n) is 2.82. The molecule has 2 aromatic rings. The van der Waals surface area contributed by atoms with Crippen LogP contribution in [0.2, 0.25) is 5.02 Å². The van der Waals surface area contributed by atoms with Gasteiger partial charge in [0.2, 0.25) is 6.41 Å². The molecule has 0 aliphatic rings. The molecule has 0 bridgehead atoms. The molecule has 0 spiro atoms. The number of nitrogens with zero attached hydrogens (tertiary/aromatic N) is 3. The van der Waals surface area contributed by atoms with Gasteiger partial charge in [-0.15, -0.1) is 0 Å². The van der Waals surface area contributed by atoms with E-state index in [1.807, 2.05) is 0 Å². The number of anilines is 2. The van der Waals surface area contributed by atoms with Crippen molar-refractivity contribution in [2.24, 2.45) is 0 Å². The third-order valence-corrected chi connectivity index (χ3v) is 5.49. The molecule has 0 aliphatic heterocycles. The van der Waals surface area contributed by atoms with Crippen molar-refractivity contribution in [2.75, 3.05) is 23.9 Å². The van der Waals surface area contributed by atoms with E-state index in [-0.39, 0.29) is 32.7 Å². The predicted molar refractivity (Wildman–Crippen MR) is 113 cm³/mol. The predicted octanol–water partition coefficient (Wildman–Crippen LogP) is 0.642. The van der Waals surface area contributed by atoms with Gasteiger partial charge in [0, 0.05) is 24.1 Å². The summed E-state index contributed by atoms with van der Waals surface area (Å²) in [6.45, 7) is 0. The molecule has 0 unspecified atom stereocenters. The number of rotatable bonds is 7. The molecule has 2 aromatic carbocycles. The van der Waals surface area contributed by atoms with Gasteiger partial charge in [0.05, 0.1) is 27.5 Å². The summed E-state index contributed by atoms with van der Waals surface area (Å²) in [7, 11) is 2.06. The smallest absolute Gasteiger partial charge is 0.342 e. The second-order valence-electron chi connectivity index (χ2n) is 6.59. The molecule has 0 radical (unpaired) electrons. The minimum Gasteiger partial charge on any atom is -0.342 e. The Balaban J connectivity index is 2.90. The minimum absolute atomic E-state index is 0.117. The Hall–Kier alpha value is -2.63. The highest BCUT2D eigenvalue weighted by atomic mass is 79.9. The van der Waals surface area contributed by atoms with Gasteiger partial charge in [0.15, 0.2) is 5.78 Å². The van der Waals surface area contributed by atoms with E-state index in [4.69, 9.17) is 11.6 Å². The molecule has 5 N–H and O–H groups in total. The highest BCUT2D eigenvalue weighted by Gasteiger charge is 2.51. The van der Waals surface area contributed by atoms with E-state index < -0.39 is 34.7 Å². The fraction of sp³-hybridized carbons (Fsp3) is 0.211. The van der Waals surface area contributed by atoms with Crippen LogP contribution in [0, 0.1) is 17.1 Å². The third kappa shape index (κ3) is 4.45. The zero-order valence-corrected chi connectivity index (χ0v) is 18.8. The Morgan fingerprint density at radius 2 is 1.81 bits per heavy atom. The molecule has 0 saturated heterocycles. The zero-order valence-electron chi connectivity index (χ0n) is 16.4. The first kappa shape index (κ1) is 25.6. The Bertz CT molecular complexity index is 1130. The standard InChI is InChI=1S/C19H16BrClFN3O7/c1-24(8-26)16-11(7-23)15(17(27)10-5-9(22)3-4-13(10)21)12(20)6-14(16)25(2)18(28,29)19(30,31)32/h3-6,8,28-32H,1-2H3. The summed E-state index contributed by atoms with van der Waals surface area (Å²) in [6.07, 6.45) is 0.228. The minimum atomic E-state index is -4.05. The van der Waals surface area contributed by atoms with Crippen molar-refractivity contribution in [3.63, 3.8) is 0 Å². The SMILES string of the molecule is CN(C=O)c1c(N(C)C(O)(O)C(O)(O)O)cc(Br)c(C(=O)c2cc(F)ccc2Cl)c1C#N. The van der Waals surface area contributed by atoms with E-state index in [1.54, 1.807) is 6.07 Å². The number of ketones is 1. The maximum atomic E-state index is 13.7. The maximum Gasteiger partial charge on any atom is 0.355 e. The van der Waals surface area contributed by atoms with Gasteiger partial charge in [0.25, 0.3) is 0 Å². The number of hydrogen-bond acceptors (Lipinski definition) is 9. The van der Waals surface area contributed by atoms with E-state index in [9.17, 15) is 44.8 Å². The van der Waals surface area contributed by atoms with Gasteiger partial charge >= 0.3 is 11.9 Å². The highest BCUT2D eigenvalue weighted by molar-refractivity contribution is 9.10. The number of halogens is 3. The number of aliphatic hydroxyl groups is 5. The number of hydrogen-bond donors (Lipinski definition) is 5. The molecule has 0 aliphatic carbocycles. The van der Waals surface area contributed by atoms with Crippen LogP contribution in [0.1, 0.15) is 21.5 Å². The van der Waals surface area contributed by atoms with Crippen LogP contribution >= 0.6 is 27.5 Å². The van der Waals surface area contributed by atoms with Crippen LogP contribution in [0.4, 0.5) is 15.8 Å². The summed E-state index contributed by atoms with van der Waals surface area (Å²) in [4.78, 5) is 25.8. The number of carbonyl (C=O) groups excluding carboxylic acids is 2. The van der Waals surface area contributed by atoms with Crippen molar-refractivity contribution >= 4 is 51.1 Å². The van der Waals surface area contributed by atoms with Gasteiger partial charge in [-0.1, -0.05) is 11.6 Å². The topological polar surface area (TPSA) is 166 Å². The molecule has 13 heteroatoms. The molecule has 2 rings (SSSR count). The van der Waals surface area contributed by atoms with Crippen molar-refractivity contribution in [2.45, 2.75) is 11.9 Å². The van der Waals surface area contributed by atoms with E-state index in [1.165, 1.54) is 7.05 Å². The van der Waals surface area contributed by atoms with Crippen LogP contribution in [0.25, 0.3) is 0 Å². The van der Waals surface area contributed by atoms with Crippen molar-refractivity contribution in [3.05, 3.63) is 56.3 Å². The molecular weight excluding hydrogens is 517 g/mol. The largest absolute Gasteiger partial charge is 0.355 e. The van der Waals surface area contributed by atoms with Crippen LogP contribution in [-0.2, 0) is 4.79 Å². The second kappa shape index (κ2) is 9.08. The van der Waals surface area contributed by atoms with Gasteiger partial charge in [-0.3, -0.25) is 9.59 Å². The summed E-state index contributed by atoms with van der Waals surface area (Å²) < 4.78 is 13.6. The zero-order chi connectivity index (χ0) is 24.6. The number of benzene rings is 2. The van der Waals surface area contributed by atoms with Gasteiger partial charge < -0.3 is 35.3 Å². The van der Waals surface area contributed by atoms with Crippen LogP contribution < -0.4 is 9.80 Å². The van der Waals surface area contributed by atoms with E-state index in [2.05, 4.69) is 15.9 Å². The van der Waals surface area contributed by atoms with E-state index in [0.717, 1.165) is 36.2 Å². The van der Waals surface area contributed by atoms with Gasteiger partial charge in [-0.2, -0.15) is 5.26 Å². The summed E-state index contributed by atoms with van der Waals surface area (Å²) in [6, 6.07) is 5.79. The monoisotopic (exact) mass is 531 g/mol. The highest BCUT2D eigenvalue weighted by Crippen LogP contribution is 2.42. The first-order chi connectivity index (χ1) is 14.7. The number of amides is 1. The number of likely N-dealkylation sites (N-methyl/N-ethyl adjacent to an activating group) is 1. The average Bonchev–Trinajstić information content (AvgIpc) is 2.71. The Morgan fingerprint density at radius 1 is 1.22 bits per heavy atom. The molecule has 10 nitrogen and oxygen atoms in total. The molecular formula is C19H16BrClFN3O7. The van der Waals surface area contributed by atoms with E-state index >= 15 is 0 Å². The van der Waals surface area contributed by atoms with Gasteiger partial charge in [0.1, 0.15) is 11.9 Å². The van der Waals surface area contributed by atoms with Crippen LogP contribution in [0.5, 0.6) is 0 Å². The summed E-state index contributed by atoms with van der Waals surface area (Å²) in [5.41, 5.74) is -1.87.